The third kappa shape index (κ3) is 12.6. The molecule has 5 N–H and O–H groups in total. The molecule has 6 heterocycles. The van der Waals surface area contributed by atoms with Gasteiger partial charge in [0.25, 0.3) is 5.56 Å². The van der Waals surface area contributed by atoms with Crippen LogP contribution in [0.15, 0.2) is 78.4 Å². The molecule has 0 aromatic carbocycles. The van der Waals surface area contributed by atoms with Gasteiger partial charge < -0.3 is 40.5 Å². The Hall–Kier alpha value is -7.09. The zero-order valence-corrected chi connectivity index (χ0v) is 38.5. The van der Waals surface area contributed by atoms with Crippen molar-refractivity contribution in [1.82, 2.24) is 39.9 Å². The summed E-state index contributed by atoms with van der Waals surface area (Å²) in [5, 5.41) is 15.5. The average molecular weight is 925 g/mol. The van der Waals surface area contributed by atoms with Gasteiger partial charge in [-0.25, -0.2) is 44.5 Å². The summed E-state index contributed by atoms with van der Waals surface area (Å²) in [6, 6.07) is 12.4. The van der Waals surface area contributed by atoms with Crippen molar-refractivity contribution in [1.29, 1.82) is 0 Å². The number of carbonyl (C=O) groups excluding carboxylic acids is 2. The number of nitrogens with one attached hydrogen (secondary N) is 5. The number of halogens is 1. The molecule has 20 nitrogen and oxygen atoms in total. The molecule has 8 rings (SSSR count). The van der Waals surface area contributed by atoms with Crippen molar-refractivity contribution >= 4 is 81.3 Å². The van der Waals surface area contributed by atoms with Gasteiger partial charge in [-0.15, -0.1) is 12.4 Å². The Balaban J connectivity index is 0.000000215. The van der Waals surface area contributed by atoms with Crippen LogP contribution in [-0.2, 0) is 9.47 Å². The molecule has 21 heteroatoms. The molecule has 0 bridgehead atoms. The third-order valence-corrected chi connectivity index (χ3v) is 11.8. The van der Waals surface area contributed by atoms with Crippen molar-refractivity contribution in [2.75, 3.05) is 79.6 Å². The molecule has 6 aromatic rings. The number of H-pyrrole nitrogens is 1. The summed E-state index contributed by atoms with van der Waals surface area (Å²) < 4.78 is 14.7. The van der Waals surface area contributed by atoms with E-state index < -0.39 is 12.2 Å². The molecule has 2 aliphatic rings. The highest BCUT2D eigenvalue weighted by atomic mass is 35.5. The molecule has 0 unspecified atom stereocenters. The number of aromatic nitrogens is 8. The van der Waals surface area contributed by atoms with Crippen LogP contribution in [0.5, 0.6) is 5.88 Å². The lowest BCUT2D eigenvalue weighted by Crippen LogP contribution is -2.29. The van der Waals surface area contributed by atoms with E-state index in [0.29, 0.717) is 58.6 Å². The number of fused-ring (bicyclic) bond motifs is 2. The molecule has 0 aliphatic heterocycles. The molecule has 6 aromatic heterocycles. The lowest BCUT2D eigenvalue weighted by molar-refractivity contribution is 0.179. The summed E-state index contributed by atoms with van der Waals surface area (Å²) in [4.78, 5) is 71.1. The molecule has 0 spiro atoms. The van der Waals surface area contributed by atoms with Gasteiger partial charge in [-0.2, -0.15) is 0 Å². The lowest BCUT2D eigenvalue weighted by atomic mass is 9.86. The minimum atomic E-state index is -0.467. The van der Waals surface area contributed by atoms with E-state index in [9.17, 15) is 14.4 Å². The maximum atomic E-state index is 12.0. The van der Waals surface area contributed by atoms with Crippen LogP contribution >= 0.6 is 12.4 Å². The maximum Gasteiger partial charge on any atom is 0.413 e. The topological polar surface area (TPSA) is 240 Å². The fraction of sp³-hybridized carbons (Fsp3) is 0.422. The summed E-state index contributed by atoms with van der Waals surface area (Å²) >= 11 is 0. The van der Waals surface area contributed by atoms with Gasteiger partial charge in [-0.3, -0.25) is 14.6 Å². The van der Waals surface area contributed by atoms with Crippen LogP contribution in [0.2, 0.25) is 0 Å². The summed E-state index contributed by atoms with van der Waals surface area (Å²) in [6.07, 6.45) is 17.4. The van der Waals surface area contributed by atoms with Gasteiger partial charge in [0.1, 0.15) is 22.7 Å². The smallest absolute Gasteiger partial charge is 0.413 e. The molecule has 0 atom stereocenters. The van der Waals surface area contributed by atoms with Gasteiger partial charge in [-0.05, 0) is 99.6 Å². The molecule has 2 fully saturated rings. The van der Waals surface area contributed by atoms with Gasteiger partial charge in [0, 0.05) is 62.4 Å². The Bertz CT molecular complexity index is 2570. The van der Waals surface area contributed by atoms with Crippen LogP contribution in [0, 0.1) is 11.8 Å². The van der Waals surface area contributed by atoms with E-state index in [4.69, 9.17) is 14.5 Å². The maximum absolute atomic E-state index is 12.0. The molecule has 2 aliphatic carbocycles. The van der Waals surface area contributed by atoms with Crippen molar-refractivity contribution in [2.45, 2.75) is 63.5 Å². The van der Waals surface area contributed by atoms with Gasteiger partial charge >= 0.3 is 12.2 Å². The average Bonchev–Trinajstić information content (AvgIpc) is 3.35. The first-order valence-electron chi connectivity index (χ1n) is 21.7. The monoisotopic (exact) mass is 924 g/mol. The first kappa shape index (κ1) is 48.4. The predicted octanol–water partition coefficient (Wildman–Crippen LogP) is 7.13. The van der Waals surface area contributed by atoms with Gasteiger partial charge in [0.15, 0.2) is 0 Å². The Morgan fingerprint density at radius 3 is 1.55 bits per heavy atom. The Labute approximate surface area is 388 Å². The van der Waals surface area contributed by atoms with Crippen molar-refractivity contribution in [3.63, 3.8) is 0 Å². The summed E-state index contributed by atoms with van der Waals surface area (Å²) in [5.74, 6) is 4.30. The first-order valence-corrected chi connectivity index (χ1v) is 21.7. The second kappa shape index (κ2) is 23.2. The van der Waals surface area contributed by atoms with Gasteiger partial charge in [-0.1, -0.05) is 0 Å². The van der Waals surface area contributed by atoms with Crippen molar-refractivity contribution < 1.29 is 23.8 Å². The number of ether oxygens (including phenoxy) is 3. The molecular formula is C45H57ClN14O6. The molecule has 0 radical (unpaired) electrons. The number of aromatic amines is 1. The summed E-state index contributed by atoms with van der Waals surface area (Å²) in [7, 11) is 7.51. The van der Waals surface area contributed by atoms with E-state index >= 15 is 0 Å². The van der Waals surface area contributed by atoms with E-state index in [2.05, 4.69) is 60.9 Å². The normalized spacial score (nSPS) is 17.8. The number of methoxy groups -OCH3 is 3. The molecule has 350 valence electrons. The second-order valence-corrected chi connectivity index (χ2v) is 16.1. The van der Waals surface area contributed by atoms with Crippen molar-refractivity contribution in [3.8, 4) is 5.88 Å². The van der Waals surface area contributed by atoms with E-state index in [1.165, 1.54) is 24.0 Å². The zero-order valence-electron chi connectivity index (χ0n) is 37.7. The highest BCUT2D eigenvalue weighted by molar-refractivity contribution is 5.87. The van der Waals surface area contributed by atoms with Crippen molar-refractivity contribution in [3.05, 3.63) is 83.9 Å². The highest BCUT2D eigenvalue weighted by Crippen LogP contribution is 2.29. The van der Waals surface area contributed by atoms with E-state index in [-0.39, 0.29) is 18.0 Å². The SMILES string of the molecule is COC(=O)N(C)c1cnc(NCC2CCC(Nc3ccc4cc[nH]c(=O)c4n3)CC2)nc1.COC(=O)N(C)c1cnc(NCC2CCC(Nc3ccc4ccnc(OC)c4n3)CC2)nc1.Cl. The van der Waals surface area contributed by atoms with E-state index in [0.717, 1.165) is 92.4 Å². The number of rotatable bonds is 13. The molecule has 2 saturated carbocycles. The minimum absolute atomic E-state index is 0. The minimum Gasteiger partial charge on any atom is -0.479 e. The quantitative estimate of drug-likeness (QED) is 0.0774. The van der Waals surface area contributed by atoms with Crippen LogP contribution in [0.3, 0.4) is 0 Å². The third-order valence-electron chi connectivity index (χ3n) is 11.8. The van der Waals surface area contributed by atoms with E-state index in [1.807, 2.05) is 36.4 Å². The van der Waals surface area contributed by atoms with Crippen molar-refractivity contribution in [2.24, 2.45) is 11.8 Å². The van der Waals surface area contributed by atoms with Crippen LogP contribution in [-0.4, -0.2) is 113 Å². The highest BCUT2D eigenvalue weighted by Gasteiger charge is 2.24. The van der Waals surface area contributed by atoms with Gasteiger partial charge in [0.05, 0.1) is 57.5 Å². The molecule has 2 amide bonds. The number of hydrogen-bond donors (Lipinski definition) is 5. The standard InChI is InChI=1S/C23H29N7O3.C22H27N7O3.ClH/c1-30(23(31)33-3)18-13-26-22(27-14-18)25-12-15-4-7-17(8-5-15)28-19-9-6-16-10-11-24-21(32-2)20(16)29-19;1-29(22(31)32-2)17-12-25-21(26-13-17)24-11-14-3-6-16(7-4-14)27-18-8-5-15-9-10-23-20(30)19(15)28-18;/h6,9-11,13-15,17H,4-5,7-8,12H2,1-3H3,(H,28,29)(H,25,26,27);5,8-10,12-14,16H,3-4,6-7,11H2,1-2H3,(H,23,30)(H,27,28)(H,24,25,26);1H. The van der Waals surface area contributed by atoms with Crippen LogP contribution < -0.4 is 41.4 Å². The summed E-state index contributed by atoms with van der Waals surface area (Å²) in [6.45, 7) is 1.61. The van der Waals surface area contributed by atoms with Crippen LogP contribution in [0.1, 0.15) is 51.4 Å². The number of anilines is 6. The van der Waals surface area contributed by atoms with E-state index in [1.54, 1.807) is 58.4 Å². The Morgan fingerprint density at radius 1 is 0.636 bits per heavy atom. The number of carbonyl (C=O) groups is 2. The molecular weight excluding hydrogens is 868 g/mol. The lowest BCUT2D eigenvalue weighted by Gasteiger charge is -2.29. The molecule has 66 heavy (non-hydrogen) atoms. The Kier molecular flexibility index (Phi) is 17.0. The molecule has 0 saturated heterocycles. The van der Waals surface area contributed by atoms with Crippen LogP contribution in [0.25, 0.3) is 21.8 Å². The zero-order chi connectivity index (χ0) is 45.7. The first-order chi connectivity index (χ1) is 31.6. The van der Waals surface area contributed by atoms with Crippen LogP contribution in [0.4, 0.5) is 44.5 Å². The Morgan fingerprint density at radius 2 is 1.09 bits per heavy atom. The number of pyridine rings is 4. The fourth-order valence-corrected chi connectivity index (χ4v) is 7.96. The number of nitrogens with zero attached hydrogens (tertiary/aromatic N) is 9. The predicted molar refractivity (Wildman–Crippen MR) is 257 cm³/mol. The number of hydrogen-bond acceptors (Lipinski definition) is 17. The number of amides is 2. The summed E-state index contributed by atoms with van der Waals surface area (Å²) in [5.41, 5.74) is 2.20. The fourth-order valence-electron chi connectivity index (χ4n) is 7.96. The largest absolute Gasteiger partial charge is 0.479 e. The second-order valence-electron chi connectivity index (χ2n) is 16.1. The van der Waals surface area contributed by atoms with Gasteiger partial charge in [0.2, 0.25) is 17.8 Å².